The van der Waals surface area contributed by atoms with E-state index in [0.29, 0.717) is 6.54 Å². The molecule has 0 atom stereocenters. The van der Waals surface area contributed by atoms with Crippen molar-refractivity contribution in [2.24, 2.45) is 0 Å². The summed E-state index contributed by atoms with van der Waals surface area (Å²) >= 11 is 0. The SMILES string of the molecule is COc1ccc(CN(C(=O)CCS(=O)(=O)c2ccc(C)cc2)C2CC2)cc1. The van der Waals surface area contributed by atoms with Gasteiger partial charge in [-0.15, -0.1) is 0 Å². The fraction of sp³-hybridized carbons (Fsp3) is 0.381. The molecule has 0 spiro atoms. The lowest BCUT2D eigenvalue weighted by Gasteiger charge is -2.23. The lowest BCUT2D eigenvalue weighted by molar-refractivity contribution is -0.132. The maximum Gasteiger partial charge on any atom is 0.224 e. The zero-order valence-electron chi connectivity index (χ0n) is 15.7. The third-order valence-corrected chi connectivity index (χ3v) is 6.52. The molecule has 2 aromatic carbocycles. The first-order chi connectivity index (χ1) is 12.9. The molecule has 1 fully saturated rings. The second-order valence-electron chi connectivity index (χ2n) is 6.98. The Morgan fingerprint density at radius 2 is 1.70 bits per heavy atom. The van der Waals surface area contributed by atoms with Crippen molar-refractivity contribution in [1.82, 2.24) is 4.90 Å². The molecule has 27 heavy (non-hydrogen) atoms. The van der Waals surface area contributed by atoms with Crippen LogP contribution in [0.4, 0.5) is 0 Å². The molecule has 3 rings (SSSR count). The van der Waals surface area contributed by atoms with Crippen LogP contribution < -0.4 is 4.74 Å². The summed E-state index contributed by atoms with van der Waals surface area (Å²) in [5.74, 6) is 0.497. The molecule has 0 radical (unpaired) electrons. The number of sulfone groups is 1. The normalized spacial score (nSPS) is 14.0. The summed E-state index contributed by atoms with van der Waals surface area (Å²) in [6, 6.07) is 14.6. The van der Waals surface area contributed by atoms with Gasteiger partial charge in [-0.3, -0.25) is 4.79 Å². The number of hydrogen-bond acceptors (Lipinski definition) is 4. The summed E-state index contributed by atoms with van der Waals surface area (Å²) in [6.45, 7) is 2.41. The van der Waals surface area contributed by atoms with Gasteiger partial charge < -0.3 is 9.64 Å². The third kappa shape index (κ3) is 5.10. The van der Waals surface area contributed by atoms with Gasteiger partial charge in [-0.25, -0.2) is 8.42 Å². The minimum absolute atomic E-state index is 0.00284. The second kappa shape index (κ2) is 8.13. The Morgan fingerprint density at radius 1 is 1.07 bits per heavy atom. The summed E-state index contributed by atoms with van der Waals surface area (Å²) in [7, 11) is -1.84. The van der Waals surface area contributed by atoms with E-state index in [0.717, 1.165) is 29.7 Å². The van der Waals surface area contributed by atoms with Crippen LogP contribution in [-0.4, -0.2) is 38.1 Å². The largest absolute Gasteiger partial charge is 0.497 e. The van der Waals surface area contributed by atoms with Crippen molar-refractivity contribution >= 4 is 15.7 Å². The Morgan fingerprint density at radius 3 is 2.26 bits per heavy atom. The smallest absolute Gasteiger partial charge is 0.224 e. The first-order valence-electron chi connectivity index (χ1n) is 9.11. The molecule has 1 aliphatic carbocycles. The van der Waals surface area contributed by atoms with E-state index in [-0.39, 0.29) is 29.0 Å². The van der Waals surface area contributed by atoms with Gasteiger partial charge >= 0.3 is 0 Å². The minimum Gasteiger partial charge on any atom is -0.497 e. The number of rotatable bonds is 8. The molecule has 1 saturated carbocycles. The van der Waals surface area contributed by atoms with Crippen LogP contribution in [0.1, 0.15) is 30.4 Å². The first-order valence-corrected chi connectivity index (χ1v) is 10.8. The van der Waals surface area contributed by atoms with Gasteiger partial charge in [0.2, 0.25) is 5.91 Å². The molecule has 0 heterocycles. The van der Waals surface area contributed by atoms with Gasteiger partial charge in [0.1, 0.15) is 5.75 Å². The Labute approximate surface area is 160 Å². The molecule has 5 nitrogen and oxygen atoms in total. The van der Waals surface area contributed by atoms with Crippen LogP contribution in [0.3, 0.4) is 0 Å². The predicted octanol–water partition coefficient (Wildman–Crippen LogP) is 3.36. The minimum atomic E-state index is -3.46. The van der Waals surface area contributed by atoms with Crippen molar-refractivity contribution < 1.29 is 17.9 Å². The van der Waals surface area contributed by atoms with Gasteiger partial charge in [-0.05, 0) is 49.6 Å². The predicted molar refractivity (Wildman–Crippen MR) is 104 cm³/mol. The van der Waals surface area contributed by atoms with Gasteiger partial charge in [0, 0.05) is 19.0 Å². The molecule has 0 aromatic heterocycles. The Bertz CT molecular complexity index is 885. The third-order valence-electron chi connectivity index (χ3n) is 4.78. The molecule has 0 saturated heterocycles. The van der Waals surface area contributed by atoms with Crippen molar-refractivity contribution in [2.45, 2.75) is 43.7 Å². The highest BCUT2D eigenvalue weighted by Gasteiger charge is 2.33. The highest BCUT2D eigenvalue weighted by Crippen LogP contribution is 2.29. The molecule has 144 valence electrons. The molecule has 0 N–H and O–H groups in total. The average Bonchev–Trinajstić information content (AvgIpc) is 3.50. The van der Waals surface area contributed by atoms with Crippen LogP contribution in [0.2, 0.25) is 0 Å². The average molecular weight is 388 g/mol. The lowest BCUT2D eigenvalue weighted by Crippen LogP contribution is -2.33. The monoisotopic (exact) mass is 387 g/mol. The maximum absolute atomic E-state index is 12.7. The quantitative estimate of drug-likeness (QED) is 0.697. The van der Waals surface area contributed by atoms with Crippen LogP contribution in [0, 0.1) is 6.92 Å². The molecule has 6 heteroatoms. The van der Waals surface area contributed by atoms with Gasteiger partial charge in [-0.1, -0.05) is 29.8 Å². The van der Waals surface area contributed by atoms with E-state index in [1.54, 1.807) is 31.4 Å². The molecule has 2 aromatic rings. The molecule has 1 aliphatic rings. The standard InChI is InChI=1S/C21H25NO4S/c1-16-3-11-20(12-4-16)27(24,25)14-13-21(23)22(18-7-8-18)15-17-5-9-19(26-2)10-6-17/h3-6,9-12,18H,7-8,13-15H2,1-2H3. The van der Waals surface area contributed by atoms with Gasteiger partial charge in [0.05, 0.1) is 17.8 Å². The summed E-state index contributed by atoms with van der Waals surface area (Å²) in [4.78, 5) is 14.8. The second-order valence-corrected chi connectivity index (χ2v) is 9.09. The summed E-state index contributed by atoms with van der Waals surface area (Å²) in [5, 5.41) is 0. The van der Waals surface area contributed by atoms with E-state index < -0.39 is 9.84 Å². The fourth-order valence-electron chi connectivity index (χ4n) is 2.96. The fourth-order valence-corrected chi connectivity index (χ4v) is 4.19. The van der Waals surface area contributed by atoms with Crippen molar-refractivity contribution in [1.29, 1.82) is 0 Å². The van der Waals surface area contributed by atoms with Crippen molar-refractivity contribution in [3.05, 3.63) is 59.7 Å². The maximum atomic E-state index is 12.7. The molecular weight excluding hydrogens is 362 g/mol. The Kier molecular flexibility index (Phi) is 5.85. The van der Waals surface area contributed by atoms with Crippen LogP contribution in [0.5, 0.6) is 5.75 Å². The van der Waals surface area contributed by atoms with E-state index in [2.05, 4.69) is 0 Å². The van der Waals surface area contributed by atoms with Gasteiger partial charge in [0.25, 0.3) is 0 Å². The van der Waals surface area contributed by atoms with Crippen molar-refractivity contribution in [2.75, 3.05) is 12.9 Å². The molecule has 1 amide bonds. The number of aryl methyl sites for hydroxylation is 1. The number of hydrogen-bond donors (Lipinski definition) is 0. The zero-order valence-corrected chi connectivity index (χ0v) is 16.5. The van der Waals surface area contributed by atoms with E-state index in [4.69, 9.17) is 4.74 Å². The Hall–Kier alpha value is -2.34. The number of carbonyl (C=O) groups excluding carboxylic acids is 1. The molecule has 0 aliphatic heterocycles. The number of benzene rings is 2. The number of carbonyl (C=O) groups is 1. The van der Waals surface area contributed by atoms with Crippen LogP contribution in [0.15, 0.2) is 53.4 Å². The number of amides is 1. The molecule has 0 unspecified atom stereocenters. The van der Waals surface area contributed by atoms with Crippen LogP contribution >= 0.6 is 0 Å². The summed E-state index contributed by atoms with van der Waals surface area (Å²) in [6.07, 6.45) is 1.96. The van der Waals surface area contributed by atoms with Crippen molar-refractivity contribution in [3.8, 4) is 5.75 Å². The van der Waals surface area contributed by atoms with E-state index in [1.165, 1.54) is 0 Å². The topological polar surface area (TPSA) is 63.7 Å². The Balaban J connectivity index is 1.64. The number of methoxy groups -OCH3 is 1. The first kappa shape index (κ1) is 19.4. The lowest BCUT2D eigenvalue weighted by atomic mass is 10.2. The van der Waals surface area contributed by atoms with E-state index in [1.807, 2.05) is 36.1 Å². The van der Waals surface area contributed by atoms with Crippen LogP contribution in [0.25, 0.3) is 0 Å². The van der Waals surface area contributed by atoms with Crippen LogP contribution in [-0.2, 0) is 21.2 Å². The summed E-state index contributed by atoms with van der Waals surface area (Å²) in [5.41, 5.74) is 2.02. The van der Waals surface area contributed by atoms with E-state index >= 15 is 0 Å². The van der Waals surface area contributed by atoms with E-state index in [9.17, 15) is 13.2 Å². The highest BCUT2D eigenvalue weighted by atomic mass is 32.2. The highest BCUT2D eigenvalue weighted by molar-refractivity contribution is 7.91. The summed E-state index contributed by atoms with van der Waals surface area (Å²) < 4.78 is 30.2. The number of ether oxygens (including phenoxy) is 1. The number of nitrogens with zero attached hydrogens (tertiary/aromatic N) is 1. The van der Waals surface area contributed by atoms with Gasteiger partial charge in [-0.2, -0.15) is 0 Å². The molecular formula is C21H25NO4S. The zero-order chi connectivity index (χ0) is 19.4. The molecule has 0 bridgehead atoms. The van der Waals surface area contributed by atoms with Crippen molar-refractivity contribution in [3.63, 3.8) is 0 Å². The van der Waals surface area contributed by atoms with Gasteiger partial charge in [0.15, 0.2) is 9.84 Å².